The van der Waals surface area contributed by atoms with Gasteiger partial charge in [-0.3, -0.25) is 4.90 Å². The van der Waals surface area contributed by atoms with E-state index >= 15 is 0 Å². The summed E-state index contributed by atoms with van der Waals surface area (Å²) < 4.78 is 5.19. The van der Waals surface area contributed by atoms with Crippen LogP contribution in [-0.4, -0.2) is 48.2 Å². The van der Waals surface area contributed by atoms with E-state index in [0.29, 0.717) is 0 Å². The van der Waals surface area contributed by atoms with Crippen LogP contribution in [0.4, 0.5) is 0 Å². The van der Waals surface area contributed by atoms with Crippen molar-refractivity contribution in [2.75, 3.05) is 33.2 Å². The molecule has 1 aromatic heterocycles. The number of hydrogen-bond acceptors (Lipinski definition) is 4. The van der Waals surface area contributed by atoms with Gasteiger partial charge in [0.15, 0.2) is 5.76 Å². The molecule has 0 aromatic carbocycles. The Morgan fingerprint density at radius 2 is 2.07 bits per heavy atom. The van der Waals surface area contributed by atoms with Crippen LogP contribution in [0.1, 0.15) is 11.5 Å². The molecule has 2 rings (SSSR count). The molecule has 1 aliphatic rings. The molecule has 0 aliphatic carbocycles. The molecule has 78 valence electrons. The van der Waals surface area contributed by atoms with Gasteiger partial charge in [0.2, 0.25) is 0 Å². The summed E-state index contributed by atoms with van der Waals surface area (Å²) in [6.07, 6.45) is 0. The zero-order valence-corrected chi connectivity index (χ0v) is 8.86. The van der Waals surface area contributed by atoms with Crippen molar-refractivity contribution in [2.24, 2.45) is 0 Å². The Bertz CT molecular complexity index is 289. The van der Waals surface area contributed by atoms with Crippen LogP contribution in [-0.2, 0) is 6.54 Å². The first-order valence-electron chi connectivity index (χ1n) is 5.07. The van der Waals surface area contributed by atoms with Gasteiger partial charge in [-0.25, -0.2) is 0 Å². The minimum absolute atomic E-state index is 0.898. The molecule has 1 fully saturated rings. The normalized spacial score (nSPS) is 20.1. The lowest BCUT2D eigenvalue weighted by Crippen LogP contribution is -2.43. The molecule has 1 aliphatic heterocycles. The minimum atomic E-state index is 0.898. The lowest BCUT2D eigenvalue weighted by atomic mass is 10.3. The van der Waals surface area contributed by atoms with Crippen molar-refractivity contribution in [3.05, 3.63) is 17.5 Å². The van der Waals surface area contributed by atoms with Crippen molar-refractivity contribution in [1.29, 1.82) is 0 Å². The van der Waals surface area contributed by atoms with Gasteiger partial charge in [0, 0.05) is 32.2 Å². The van der Waals surface area contributed by atoms with Crippen LogP contribution in [0, 0.1) is 6.92 Å². The van der Waals surface area contributed by atoms with Crippen molar-refractivity contribution >= 4 is 0 Å². The molecule has 4 nitrogen and oxygen atoms in total. The third-order valence-corrected chi connectivity index (χ3v) is 2.65. The zero-order chi connectivity index (χ0) is 9.97. The average molecular weight is 195 g/mol. The van der Waals surface area contributed by atoms with Crippen molar-refractivity contribution in [2.45, 2.75) is 13.5 Å². The van der Waals surface area contributed by atoms with E-state index in [-0.39, 0.29) is 0 Å². The molecule has 0 spiro atoms. The maximum atomic E-state index is 5.19. The topological polar surface area (TPSA) is 32.5 Å². The number of aromatic nitrogens is 1. The smallest absolute Gasteiger partial charge is 0.150 e. The van der Waals surface area contributed by atoms with Crippen LogP contribution in [0.3, 0.4) is 0 Å². The Kier molecular flexibility index (Phi) is 2.84. The van der Waals surface area contributed by atoms with E-state index in [2.05, 4.69) is 22.0 Å². The predicted octanol–water partition coefficient (Wildman–Crippen LogP) is 0.730. The van der Waals surface area contributed by atoms with Crippen LogP contribution >= 0.6 is 0 Å². The van der Waals surface area contributed by atoms with Gasteiger partial charge in [0.25, 0.3) is 0 Å². The summed E-state index contributed by atoms with van der Waals surface area (Å²) >= 11 is 0. The molecule has 4 heteroatoms. The molecule has 0 amide bonds. The second kappa shape index (κ2) is 4.11. The lowest BCUT2D eigenvalue weighted by Gasteiger charge is -2.31. The summed E-state index contributed by atoms with van der Waals surface area (Å²) in [4.78, 5) is 4.75. The number of hydrogen-bond donors (Lipinski definition) is 0. The van der Waals surface area contributed by atoms with Gasteiger partial charge in [-0.05, 0) is 14.0 Å². The van der Waals surface area contributed by atoms with E-state index in [0.717, 1.165) is 44.2 Å². The number of nitrogens with zero attached hydrogens (tertiary/aromatic N) is 3. The van der Waals surface area contributed by atoms with Crippen LogP contribution in [0.5, 0.6) is 0 Å². The highest BCUT2D eigenvalue weighted by Crippen LogP contribution is 2.08. The summed E-state index contributed by atoms with van der Waals surface area (Å²) in [7, 11) is 2.16. The third-order valence-electron chi connectivity index (χ3n) is 2.65. The highest BCUT2D eigenvalue weighted by atomic mass is 16.5. The first kappa shape index (κ1) is 9.68. The summed E-state index contributed by atoms with van der Waals surface area (Å²) in [5.74, 6) is 0.979. The number of aryl methyl sites for hydroxylation is 1. The standard InChI is InChI=1S/C10H17N3O/c1-9-7-10(14-11-9)8-13-5-3-12(2)4-6-13/h7H,3-6,8H2,1-2H3. The summed E-state index contributed by atoms with van der Waals surface area (Å²) in [6, 6.07) is 2.01. The molecule has 0 N–H and O–H groups in total. The third kappa shape index (κ3) is 2.33. The fraction of sp³-hybridized carbons (Fsp3) is 0.700. The van der Waals surface area contributed by atoms with Gasteiger partial charge in [0.1, 0.15) is 0 Å². The molecule has 0 atom stereocenters. The molecule has 0 saturated carbocycles. The van der Waals surface area contributed by atoms with Crippen molar-refractivity contribution < 1.29 is 4.52 Å². The van der Waals surface area contributed by atoms with Gasteiger partial charge < -0.3 is 9.42 Å². The minimum Gasteiger partial charge on any atom is -0.360 e. The molecule has 1 saturated heterocycles. The second-order valence-corrected chi connectivity index (χ2v) is 4.01. The number of rotatable bonds is 2. The average Bonchev–Trinajstić information content (AvgIpc) is 2.56. The number of piperazine rings is 1. The predicted molar refractivity (Wildman–Crippen MR) is 54.0 cm³/mol. The Labute approximate surface area is 84.5 Å². The molecule has 0 unspecified atom stereocenters. The van der Waals surface area contributed by atoms with E-state index in [4.69, 9.17) is 4.52 Å². The molecular formula is C10H17N3O. The highest BCUT2D eigenvalue weighted by molar-refractivity contribution is 5.02. The fourth-order valence-corrected chi connectivity index (χ4v) is 1.72. The molecule has 1 aromatic rings. The molecule has 0 radical (unpaired) electrons. The van der Waals surface area contributed by atoms with Crippen LogP contribution < -0.4 is 0 Å². The van der Waals surface area contributed by atoms with Gasteiger partial charge in [0.05, 0.1) is 12.2 Å². The van der Waals surface area contributed by atoms with E-state index in [1.165, 1.54) is 0 Å². The maximum absolute atomic E-state index is 5.19. The zero-order valence-electron chi connectivity index (χ0n) is 8.86. The Balaban J connectivity index is 1.86. The largest absolute Gasteiger partial charge is 0.360 e. The monoisotopic (exact) mass is 195 g/mol. The molecule has 0 bridgehead atoms. The van der Waals surface area contributed by atoms with E-state index in [9.17, 15) is 0 Å². The molecule has 2 heterocycles. The van der Waals surface area contributed by atoms with E-state index in [1.807, 2.05) is 13.0 Å². The summed E-state index contributed by atoms with van der Waals surface area (Å²) in [6.45, 7) is 7.39. The Hall–Kier alpha value is -0.870. The van der Waals surface area contributed by atoms with Gasteiger partial charge >= 0.3 is 0 Å². The van der Waals surface area contributed by atoms with Crippen LogP contribution in [0.15, 0.2) is 10.6 Å². The van der Waals surface area contributed by atoms with E-state index < -0.39 is 0 Å². The Morgan fingerprint density at radius 3 is 2.64 bits per heavy atom. The van der Waals surface area contributed by atoms with Crippen LogP contribution in [0.25, 0.3) is 0 Å². The lowest BCUT2D eigenvalue weighted by molar-refractivity contribution is 0.137. The van der Waals surface area contributed by atoms with Crippen molar-refractivity contribution in [3.63, 3.8) is 0 Å². The first-order chi connectivity index (χ1) is 6.74. The first-order valence-corrected chi connectivity index (χ1v) is 5.07. The van der Waals surface area contributed by atoms with Crippen LogP contribution in [0.2, 0.25) is 0 Å². The Morgan fingerprint density at radius 1 is 1.36 bits per heavy atom. The quantitative estimate of drug-likeness (QED) is 0.696. The SMILES string of the molecule is Cc1cc(CN2CCN(C)CC2)on1. The van der Waals surface area contributed by atoms with Crippen molar-refractivity contribution in [3.8, 4) is 0 Å². The summed E-state index contributed by atoms with van der Waals surface area (Å²) in [5, 5.41) is 3.88. The number of likely N-dealkylation sites (N-methyl/N-ethyl adjacent to an activating group) is 1. The molecular weight excluding hydrogens is 178 g/mol. The fourth-order valence-electron chi connectivity index (χ4n) is 1.72. The highest BCUT2D eigenvalue weighted by Gasteiger charge is 2.15. The van der Waals surface area contributed by atoms with Crippen molar-refractivity contribution in [1.82, 2.24) is 15.0 Å². The van der Waals surface area contributed by atoms with Gasteiger partial charge in [-0.1, -0.05) is 5.16 Å². The van der Waals surface area contributed by atoms with Gasteiger partial charge in [-0.2, -0.15) is 0 Å². The van der Waals surface area contributed by atoms with Gasteiger partial charge in [-0.15, -0.1) is 0 Å². The molecule has 14 heavy (non-hydrogen) atoms. The maximum Gasteiger partial charge on any atom is 0.150 e. The van der Waals surface area contributed by atoms with E-state index in [1.54, 1.807) is 0 Å². The summed E-state index contributed by atoms with van der Waals surface area (Å²) in [5.41, 5.74) is 0.967. The second-order valence-electron chi connectivity index (χ2n) is 4.01.